The van der Waals surface area contributed by atoms with E-state index in [0.29, 0.717) is 37.6 Å². The lowest BCUT2D eigenvalue weighted by Crippen LogP contribution is -2.36. The molecule has 0 bridgehead atoms. The Morgan fingerprint density at radius 1 is 1.09 bits per heavy atom. The third-order valence-electron chi connectivity index (χ3n) is 4.09. The summed E-state index contributed by atoms with van der Waals surface area (Å²) in [4.78, 5) is 16.3. The van der Waals surface area contributed by atoms with Crippen molar-refractivity contribution in [3.05, 3.63) is 47.8 Å². The molecule has 5 nitrogen and oxygen atoms in total. The van der Waals surface area contributed by atoms with Crippen molar-refractivity contribution in [2.75, 3.05) is 31.1 Å². The predicted molar refractivity (Wildman–Crippen MR) is 82.3 cm³/mol. The van der Waals surface area contributed by atoms with Crippen molar-refractivity contribution in [1.82, 2.24) is 14.7 Å². The Bertz CT molecular complexity index is 716. The summed E-state index contributed by atoms with van der Waals surface area (Å²) in [6.45, 7) is 2.43. The normalized spacial score (nSPS) is 15.6. The first-order chi connectivity index (χ1) is 11.1. The zero-order valence-electron chi connectivity index (χ0n) is 12.9. The van der Waals surface area contributed by atoms with Crippen LogP contribution in [-0.4, -0.2) is 46.8 Å². The number of amides is 1. The molecule has 7 heteroatoms. The highest BCUT2D eigenvalue weighted by Gasteiger charge is 2.22. The molecule has 0 saturated carbocycles. The van der Waals surface area contributed by atoms with E-state index in [4.69, 9.17) is 0 Å². The number of carbonyl (C=O) groups excluding carboxylic acids is 1. The molecule has 1 aromatic heterocycles. The zero-order chi connectivity index (χ0) is 16.4. The topological polar surface area (TPSA) is 41.4 Å². The maximum absolute atomic E-state index is 13.4. The Morgan fingerprint density at radius 2 is 1.91 bits per heavy atom. The highest BCUT2D eigenvalue weighted by atomic mass is 19.2. The van der Waals surface area contributed by atoms with Gasteiger partial charge in [0, 0.05) is 51.2 Å². The van der Waals surface area contributed by atoms with Crippen molar-refractivity contribution in [2.45, 2.75) is 6.42 Å². The monoisotopic (exact) mass is 320 g/mol. The minimum atomic E-state index is -0.852. The molecule has 1 saturated heterocycles. The molecule has 0 atom stereocenters. The lowest BCUT2D eigenvalue weighted by atomic mass is 10.2. The minimum absolute atomic E-state index is 0.0582. The van der Waals surface area contributed by atoms with Crippen LogP contribution in [0.25, 0.3) is 0 Å². The molecular formula is C16H18F2N4O. The van der Waals surface area contributed by atoms with Crippen LogP contribution >= 0.6 is 0 Å². The van der Waals surface area contributed by atoms with Gasteiger partial charge >= 0.3 is 0 Å². The number of carbonyl (C=O) groups is 1. The SMILES string of the molecule is Cn1nccc1C(=O)N1CCCN(c2ccc(F)c(F)c2)CC1. The molecule has 1 aliphatic rings. The average Bonchev–Trinajstić information content (AvgIpc) is 2.82. The predicted octanol–water partition coefficient (Wildman–Crippen LogP) is 2.05. The van der Waals surface area contributed by atoms with Crippen LogP contribution in [0.4, 0.5) is 14.5 Å². The lowest BCUT2D eigenvalue weighted by molar-refractivity contribution is 0.0756. The van der Waals surface area contributed by atoms with E-state index < -0.39 is 11.6 Å². The second-order valence-electron chi connectivity index (χ2n) is 5.57. The second kappa shape index (κ2) is 6.36. The molecule has 23 heavy (non-hydrogen) atoms. The number of benzene rings is 1. The van der Waals surface area contributed by atoms with Crippen LogP contribution in [0.3, 0.4) is 0 Å². The smallest absolute Gasteiger partial charge is 0.272 e. The van der Waals surface area contributed by atoms with E-state index in [1.807, 2.05) is 4.90 Å². The molecule has 2 aromatic rings. The highest BCUT2D eigenvalue weighted by molar-refractivity contribution is 5.92. The summed E-state index contributed by atoms with van der Waals surface area (Å²) in [5.74, 6) is -1.76. The van der Waals surface area contributed by atoms with Gasteiger partial charge in [-0.1, -0.05) is 0 Å². The Morgan fingerprint density at radius 3 is 2.61 bits per heavy atom. The van der Waals surface area contributed by atoms with Crippen molar-refractivity contribution in [3.63, 3.8) is 0 Å². The van der Waals surface area contributed by atoms with Gasteiger partial charge < -0.3 is 9.80 Å². The van der Waals surface area contributed by atoms with E-state index in [2.05, 4.69) is 5.10 Å². The fraction of sp³-hybridized carbons (Fsp3) is 0.375. The fourth-order valence-corrected chi connectivity index (χ4v) is 2.81. The van der Waals surface area contributed by atoms with Gasteiger partial charge in [-0.25, -0.2) is 8.78 Å². The van der Waals surface area contributed by atoms with E-state index in [0.717, 1.165) is 12.5 Å². The van der Waals surface area contributed by atoms with Gasteiger partial charge in [-0.05, 0) is 24.6 Å². The molecule has 0 unspecified atom stereocenters. The van der Waals surface area contributed by atoms with Gasteiger partial charge in [0.05, 0.1) is 0 Å². The van der Waals surface area contributed by atoms with Gasteiger partial charge in [0.25, 0.3) is 5.91 Å². The largest absolute Gasteiger partial charge is 0.370 e. The van der Waals surface area contributed by atoms with Gasteiger partial charge in [0.1, 0.15) is 5.69 Å². The van der Waals surface area contributed by atoms with Gasteiger partial charge in [-0.3, -0.25) is 9.48 Å². The molecule has 0 aliphatic carbocycles. The molecule has 2 heterocycles. The summed E-state index contributed by atoms with van der Waals surface area (Å²) >= 11 is 0. The third-order valence-corrected chi connectivity index (χ3v) is 4.09. The van der Waals surface area contributed by atoms with Crippen LogP contribution in [-0.2, 0) is 7.05 Å². The number of rotatable bonds is 2. The summed E-state index contributed by atoms with van der Waals surface area (Å²) < 4.78 is 28.0. The van der Waals surface area contributed by atoms with Crippen LogP contribution in [0.2, 0.25) is 0 Å². The van der Waals surface area contributed by atoms with E-state index in [-0.39, 0.29) is 5.91 Å². The molecule has 1 amide bonds. The number of anilines is 1. The van der Waals surface area contributed by atoms with Crippen molar-refractivity contribution >= 4 is 11.6 Å². The van der Waals surface area contributed by atoms with Crippen LogP contribution in [0.1, 0.15) is 16.9 Å². The molecular weight excluding hydrogens is 302 g/mol. The molecule has 0 N–H and O–H groups in total. The van der Waals surface area contributed by atoms with Crippen LogP contribution in [0.5, 0.6) is 0 Å². The van der Waals surface area contributed by atoms with Crippen molar-refractivity contribution in [3.8, 4) is 0 Å². The number of nitrogens with zero attached hydrogens (tertiary/aromatic N) is 4. The van der Waals surface area contributed by atoms with E-state index in [9.17, 15) is 13.6 Å². The van der Waals surface area contributed by atoms with Gasteiger partial charge in [-0.15, -0.1) is 0 Å². The molecule has 0 radical (unpaired) electrons. The maximum Gasteiger partial charge on any atom is 0.272 e. The first-order valence-corrected chi connectivity index (χ1v) is 7.53. The summed E-state index contributed by atoms with van der Waals surface area (Å²) in [7, 11) is 1.73. The maximum atomic E-state index is 13.4. The molecule has 1 aromatic carbocycles. The van der Waals surface area contributed by atoms with Crippen LogP contribution in [0, 0.1) is 11.6 Å². The second-order valence-corrected chi connectivity index (χ2v) is 5.57. The van der Waals surface area contributed by atoms with E-state index >= 15 is 0 Å². The van der Waals surface area contributed by atoms with Gasteiger partial charge in [0.15, 0.2) is 11.6 Å². The van der Waals surface area contributed by atoms with Crippen molar-refractivity contribution in [2.24, 2.45) is 7.05 Å². The minimum Gasteiger partial charge on any atom is -0.370 e. The van der Waals surface area contributed by atoms with Gasteiger partial charge in [-0.2, -0.15) is 5.10 Å². The van der Waals surface area contributed by atoms with Crippen molar-refractivity contribution in [1.29, 1.82) is 0 Å². The zero-order valence-corrected chi connectivity index (χ0v) is 12.9. The standard InChI is InChI=1S/C16H18F2N4O/c1-20-15(5-6-19-20)16(23)22-8-2-7-21(9-10-22)12-3-4-13(17)14(18)11-12/h3-6,11H,2,7-10H2,1H3. The molecule has 122 valence electrons. The van der Waals surface area contributed by atoms with Crippen LogP contribution in [0.15, 0.2) is 30.5 Å². The fourth-order valence-electron chi connectivity index (χ4n) is 2.81. The number of aryl methyl sites for hydroxylation is 1. The summed E-state index contributed by atoms with van der Waals surface area (Å²) in [5, 5.41) is 4.02. The number of aromatic nitrogens is 2. The Kier molecular flexibility index (Phi) is 4.27. The van der Waals surface area contributed by atoms with E-state index in [1.54, 1.807) is 35.0 Å². The lowest BCUT2D eigenvalue weighted by Gasteiger charge is -2.23. The first kappa shape index (κ1) is 15.5. The first-order valence-electron chi connectivity index (χ1n) is 7.53. The number of hydrogen-bond donors (Lipinski definition) is 0. The average molecular weight is 320 g/mol. The molecule has 1 aliphatic heterocycles. The number of halogens is 2. The van der Waals surface area contributed by atoms with Crippen molar-refractivity contribution < 1.29 is 13.6 Å². The summed E-state index contributed by atoms with van der Waals surface area (Å²) in [6, 6.07) is 5.60. The molecule has 3 rings (SSSR count). The Balaban J connectivity index is 1.71. The quantitative estimate of drug-likeness (QED) is 0.850. The highest BCUT2D eigenvalue weighted by Crippen LogP contribution is 2.20. The molecule has 0 spiro atoms. The van der Waals surface area contributed by atoms with Gasteiger partial charge in [0.2, 0.25) is 0 Å². The number of hydrogen-bond acceptors (Lipinski definition) is 3. The summed E-state index contributed by atoms with van der Waals surface area (Å²) in [5.41, 5.74) is 1.19. The third kappa shape index (κ3) is 3.18. The van der Waals surface area contributed by atoms with Crippen LogP contribution < -0.4 is 4.90 Å². The van der Waals surface area contributed by atoms with E-state index in [1.165, 1.54) is 6.07 Å². The molecule has 1 fully saturated rings. The Labute approximate surface area is 133 Å². The Hall–Kier alpha value is -2.44. The summed E-state index contributed by atoms with van der Waals surface area (Å²) in [6.07, 6.45) is 2.36.